The number of ether oxygens (including phenoxy) is 3. The maximum atomic E-state index is 13.7. The zero-order valence-corrected chi connectivity index (χ0v) is 22.4. The highest BCUT2D eigenvalue weighted by Gasteiger charge is 2.32. The Kier molecular flexibility index (Phi) is 8.01. The van der Waals surface area contributed by atoms with E-state index in [-0.39, 0.29) is 36.8 Å². The fraction of sp³-hybridized carbons (Fsp3) is 0.346. The minimum absolute atomic E-state index is 0.0864. The highest BCUT2D eigenvalue weighted by molar-refractivity contribution is 7.89. The minimum Gasteiger partial charge on any atom is -0.454 e. The summed E-state index contributed by atoms with van der Waals surface area (Å²) in [5.74, 6) is 0.990. The third-order valence-corrected chi connectivity index (χ3v) is 9.22. The number of nitrogens with zero attached hydrogens (tertiary/aromatic N) is 2. The standard InChI is InChI=1S/C26H27ClN2O6S2/c27-20-6-8-23(9-7-20)37(31,32)29(15-21-3-1-11-33-21)17-26(30)28(16-22-4-2-12-36-22)14-19-5-10-24-25(13-19)35-18-34-24/h2,4-10,12-13,21H,1,3,11,14-18H2. The predicted molar refractivity (Wildman–Crippen MR) is 140 cm³/mol. The van der Waals surface area contributed by atoms with E-state index in [2.05, 4.69) is 0 Å². The van der Waals surface area contributed by atoms with E-state index < -0.39 is 10.0 Å². The van der Waals surface area contributed by atoms with Crippen molar-refractivity contribution in [1.29, 1.82) is 0 Å². The van der Waals surface area contributed by atoms with Crippen LogP contribution in [0.15, 0.2) is 64.9 Å². The molecule has 1 amide bonds. The van der Waals surface area contributed by atoms with Gasteiger partial charge < -0.3 is 19.1 Å². The van der Waals surface area contributed by atoms with Crippen LogP contribution in [-0.4, -0.2) is 56.1 Å². The first-order valence-electron chi connectivity index (χ1n) is 11.9. The van der Waals surface area contributed by atoms with E-state index in [1.165, 1.54) is 28.6 Å². The van der Waals surface area contributed by atoms with Crippen LogP contribution < -0.4 is 9.47 Å². The smallest absolute Gasteiger partial charge is 0.243 e. The van der Waals surface area contributed by atoms with Crippen molar-refractivity contribution in [1.82, 2.24) is 9.21 Å². The predicted octanol–water partition coefficient (Wildman–Crippen LogP) is 4.53. The molecule has 0 radical (unpaired) electrons. The second-order valence-corrected chi connectivity index (χ2v) is 12.3. The van der Waals surface area contributed by atoms with E-state index in [0.717, 1.165) is 23.3 Å². The summed E-state index contributed by atoms with van der Waals surface area (Å²) in [7, 11) is -3.96. The zero-order chi connectivity index (χ0) is 25.8. The molecule has 1 unspecified atom stereocenters. The molecule has 1 saturated heterocycles. The van der Waals surface area contributed by atoms with Crippen LogP contribution in [0.25, 0.3) is 0 Å². The third-order valence-electron chi connectivity index (χ3n) is 6.28. The molecule has 0 aliphatic carbocycles. The van der Waals surface area contributed by atoms with Crippen molar-refractivity contribution >= 4 is 38.9 Å². The molecule has 0 saturated carbocycles. The molecule has 3 aromatic rings. The highest BCUT2D eigenvalue weighted by atomic mass is 35.5. The van der Waals surface area contributed by atoms with E-state index in [1.54, 1.807) is 16.2 Å². The Morgan fingerprint density at radius 1 is 1.05 bits per heavy atom. The van der Waals surface area contributed by atoms with Gasteiger partial charge in [0.15, 0.2) is 11.5 Å². The second-order valence-electron chi connectivity index (χ2n) is 8.90. The summed E-state index contributed by atoms with van der Waals surface area (Å²) in [6.45, 7) is 1.20. The summed E-state index contributed by atoms with van der Waals surface area (Å²) in [6.07, 6.45) is 1.36. The Morgan fingerprint density at radius 3 is 2.59 bits per heavy atom. The minimum atomic E-state index is -3.96. The van der Waals surface area contributed by atoms with E-state index in [9.17, 15) is 13.2 Å². The SMILES string of the molecule is O=C(CN(CC1CCCO1)S(=O)(=O)c1ccc(Cl)cc1)N(Cc1ccc2c(c1)OCO2)Cc1cccs1. The number of carbonyl (C=O) groups excluding carboxylic acids is 1. The lowest BCUT2D eigenvalue weighted by atomic mass is 10.2. The number of carbonyl (C=O) groups is 1. The summed E-state index contributed by atoms with van der Waals surface area (Å²) >= 11 is 7.52. The van der Waals surface area contributed by atoms with Crippen molar-refractivity contribution in [2.24, 2.45) is 0 Å². The lowest BCUT2D eigenvalue weighted by Crippen LogP contribution is -2.45. The van der Waals surface area contributed by atoms with Crippen LogP contribution in [0.2, 0.25) is 5.02 Å². The molecular formula is C26H27ClN2O6S2. The molecule has 2 aliphatic heterocycles. The Morgan fingerprint density at radius 2 is 1.86 bits per heavy atom. The van der Waals surface area contributed by atoms with Gasteiger partial charge in [0.2, 0.25) is 22.7 Å². The first-order valence-corrected chi connectivity index (χ1v) is 14.6. The first-order chi connectivity index (χ1) is 17.9. The van der Waals surface area contributed by atoms with Gasteiger partial charge in [0.05, 0.1) is 24.1 Å². The molecule has 37 heavy (non-hydrogen) atoms. The van der Waals surface area contributed by atoms with Crippen molar-refractivity contribution < 1.29 is 27.4 Å². The summed E-state index contributed by atoms with van der Waals surface area (Å²) in [5.41, 5.74) is 0.861. The monoisotopic (exact) mass is 562 g/mol. The third kappa shape index (κ3) is 6.27. The largest absolute Gasteiger partial charge is 0.454 e. The van der Waals surface area contributed by atoms with Crippen LogP contribution in [0.1, 0.15) is 23.3 Å². The molecule has 11 heteroatoms. The van der Waals surface area contributed by atoms with Crippen molar-refractivity contribution in [3.8, 4) is 11.5 Å². The number of rotatable bonds is 10. The van der Waals surface area contributed by atoms with Gasteiger partial charge >= 0.3 is 0 Å². The molecule has 8 nitrogen and oxygen atoms in total. The van der Waals surface area contributed by atoms with Gasteiger partial charge in [0, 0.05) is 29.6 Å². The van der Waals surface area contributed by atoms with Gasteiger partial charge in [-0.1, -0.05) is 23.7 Å². The summed E-state index contributed by atoms with van der Waals surface area (Å²) in [5, 5.41) is 2.39. The summed E-state index contributed by atoms with van der Waals surface area (Å²) in [4.78, 5) is 16.5. The van der Waals surface area contributed by atoms with Crippen molar-refractivity contribution in [2.75, 3.05) is 26.5 Å². The molecule has 1 aromatic heterocycles. The van der Waals surface area contributed by atoms with Crippen molar-refractivity contribution in [3.63, 3.8) is 0 Å². The Balaban J connectivity index is 1.40. The number of benzene rings is 2. The Hall–Kier alpha value is -2.63. The average Bonchev–Trinajstić information content (AvgIpc) is 3.66. The quantitative estimate of drug-likeness (QED) is 0.361. The normalized spacial score (nSPS) is 16.9. The molecular weight excluding hydrogens is 536 g/mol. The number of amides is 1. The molecule has 5 rings (SSSR count). The van der Waals surface area contributed by atoms with Gasteiger partial charge in [0.1, 0.15) is 0 Å². The van der Waals surface area contributed by atoms with E-state index >= 15 is 0 Å². The first kappa shape index (κ1) is 26.0. The number of thiophene rings is 1. The molecule has 2 aromatic carbocycles. The van der Waals surface area contributed by atoms with Gasteiger partial charge in [0.25, 0.3) is 0 Å². The maximum absolute atomic E-state index is 13.7. The van der Waals surface area contributed by atoms with Crippen molar-refractivity contribution in [2.45, 2.75) is 36.9 Å². The lowest BCUT2D eigenvalue weighted by Gasteiger charge is -2.28. The van der Waals surface area contributed by atoms with Crippen LogP contribution in [0.3, 0.4) is 0 Å². The van der Waals surface area contributed by atoms with Gasteiger partial charge in [-0.2, -0.15) is 4.31 Å². The fourth-order valence-corrected chi connectivity index (χ4v) is 6.62. The molecule has 0 N–H and O–H groups in total. The molecule has 2 aliphatic rings. The van der Waals surface area contributed by atoms with Crippen LogP contribution in [0.4, 0.5) is 0 Å². The van der Waals surface area contributed by atoms with Gasteiger partial charge in [-0.05, 0) is 66.2 Å². The van der Waals surface area contributed by atoms with Gasteiger partial charge in [-0.25, -0.2) is 8.42 Å². The highest BCUT2D eigenvalue weighted by Crippen LogP contribution is 2.33. The van der Waals surface area contributed by atoms with Crippen molar-refractivity contribution in [3.05, 3.63) is 75.4 Å². The molecule has 1 atom stereocenters. The van der Waals surface area contributed by atoms with E-state index in [0.29, 0.717) is 36.2 Å². The zero-order valence-electron chi connectivity index (χ0n) is 20.0. The summed E-state index contributed by atoms with van der Waals surface area (Å²) in [6, 6.07) is 15.4. The number of fused-ring (bicyclic) bond motifs is 1. The second kappa shape index (κ2) is 11.4. The van der Waals surface area contributed by atoms with Crippen LogP contribution in [-0.2, 0) is 32.6 Å². The molecule has 0 bridgehead atoms. The van der Waals surface area contributed by atoms with Crippen LogP contribution in [0, 0.1) is 0 Å². The van der Waals surface area contributed by atoms with Crippen LogP contribution in [0.5, 0.6) is 11.5 Å². The molecule has 0 spiro atoms. The number of hydrogen-bond acceptors (Lipinski definition) is 7. The summed E-state index contributed by atoms with van der Waals surface area (Å²) < 4.78 is 45.1. The maximum Gasteiger partial charge on any atom is 0.243 e. The number of hydrogen-bond donors (Lipinski definition) is 0. The lowest BCUT2D eigenvalue weighted by molar-refractivity contribution is -0.132. The molecule has 3 heterocycles. The Labute approximate surface area is 225 Å². The van der Waals surface area contributed by atoms with E-state index in [1.807, 2.05) is 35.7 Å². The van der Waals surface area contributed by atoms with Gasteiger partial charge in [-0.15, -0.1) is 11.3 Å². The average molecular weight is 563 g/mol. The van der Waals surface area contributed by atoms with Crippen LogP contribution >= 0.6 is 22.9 Å². The Bertz CT molecular complexity index is 1330. The number of halogens is 1. The number of sulfonamides is 1. The fourth-order valence-electron chi connectivity index (χ4n) is 4.35. The topological polar surface area (TPSA) is 85.4 Å². The molecule has 1 fully saturated rings. The van der Waals surface area contributed by atoms with Gasteiger partial charge in [-0.3, -0.25) is 4.79 Å². The van der Waals surface area contributed by atoms with E-state index in [4.69, 9.17) is 25.8 Å². The molecule has 196 valence electrons.